The summed E-state index contributed by atoms with van der Waals surface area (Å²) in [5, 5.41) is 0.807. The first kappa shape index (κ1) is 20.0. The number of rotatable bonds is 2. The smallest absolute Gasteiger partial charge is 0.328 e. The molecule has 0 saturated carbocycles. The van der Waals surface area contributed by atoms with Crippen molar-refractivity contribution in [2.45, 2.75) is 65.9 Å². The molecule has 26 heavy (non-hydrogen) atoms. The average Bonchev–Trinajstić information content (AvgIpc) is 2.74. The van der Waals surface area contributed by atoms with Crippen molar-refractivity contribution in [3.05, 3.63) is 23.2 Å². The SMILES string of the molecule is CC(C)(C)N1CCN(c2cc(Cl)cc(B3CC(C)(C)C(C)(C)O3)c2)CC1. The highest BCUT2D eigenvalue weighted by atomic mass is 35.5. The normalized spacial score (nSPS) is 23.5. The minimum Gasteiger partial charge on any atom is -0.426 e. The van der Waals surface area contributed by atoms with E-state index < -0.39 is 0 Å². The first-order valence-corrected chi connectivity index (χ1v) is 10.3. The van der Waals surface area contributed by atoms with Crippen LogP contribution in [0.25, 0.3) is 0 Å². The van der Waals surface area contributed by atoms with Crippen molar-refractivity contribution >= 4 is 29.7 Å². The molecule has 0 amide bonds. The van der Waals surface area contributed by atoms with Gasteiger partial charge in [-0.1, -0.05) is 25.4 Å². The molecule has 0 bridgehead atoms. The van der Waals surface area contributed by atoms with E-state index in [2.05, 4.69) is 76.5 Å². The summed E-state index contributed by atoms with van der Waals surface area (Å²) in [5.74, 6) is 0. The van der Waals surface area contributed by atoms with Gasteiger partial charge in [-0.25, -0.2) is 0 Å². The largest absolute Gasteiger partial charge is 0.426 e. The number of hydrogen-bond acceptors (Lipinski definition) is 3. The zero-order valence-corrected chi connectivity index (χ0v) is 18.3. The Bertz CT molecular complexity index is 644. The molecule has 0 unspecified atom stereocenters. The maximum Gasteiger partial charge on any atom is 0.328 e. The molecule has 0 aliphatic carbocycles. The Morgan fingerprint density at radius 3 is 2.12 bits per heavy atom. The fraction of sp³-hybridized carbons (Fsp3) is 0.714. The summed E-state index contributed by atoms with van der Waals surface area (Å²) < 4.78 is 6.42. The lowest BCUT2D eigenvalue weighted by atomic mass is 9.54. The van der Waals surface area contributed by atoms with E-state index in [1.807, 2.05) is 0 Å². The highest BCUT2D eigenvalue weighted by molar-refractivity contribution is 6.68. The summed E-state index contributed by atoms with van der Waals surface area (Å²) >= 11 is 6.50. The van der Waals surface area contributed by atoms with Crippen molar-refractivity contribution < 1.29 is 4.65 Å². The molecule has 0 radical (unpaired) electrons. The second kappa shape index (κ2) is 6.72. The Balaban J connectivity index is 1.78. The molecule has 0 spiro atoms. The van der Waals surface area contributed by atoms with Gasteiger partial charge in [0, 0.05) is 42.4 Å². The van der Waals surface area contributed by atoms with Crippen LogP contribution in [-0.2, 0) is 4.65 Å². The predicted molar refractivity (Wildman–Crippen MR) is 114 cm³/mol. The highest BCUT2D eigenvalue weighted by Gasteiger charge is 2.49. The number of halogens is 1. The molecule has 0 atom stereocenters. The standard InChI is InChI=1S/C21H34BClN2O/c1-19(2,3)25-10-8-24(9-11-25)18-13-16(12-17(23)14-18)22-15-20(4,5)21(6,7)26-22/h12-14H,8-11,15H2,1-7H3. The van der Waals surface area contributed by atoms with Gasteiger partial charge in [0.25, 0.3) is 0 Å². The molecule has 2 saturated heterocycles. The number of nitrogens with zero attached hydrogens (tertiary/aromatic N) is 2. The van der Waals surface area contributed by atoms with E-state index in [1.165, 1.54) is 11.2 Å². The van der Waals surface area contributed by atoms with Crippen molar-refractivity contribution in [1.82, 2.24) is 4.90 Å². The van der Waals surface area contributed by atoms with Crippen LogP contribution in [0, 0.1) is 5.41 Å². The molecule has 0 aromatic heterocycles. The molecule has 2 fully saturated rings. The van der Waals surface area contributed by atoms with Gasteiger partial charge in [-0.05, 0) is 70.0 Å². The molecular weight excluding hydrogens is 343 g/mol. The minimum atomic E-state index is -0.127. The lowest BCUT2D eigenvalue weighted by Gasteiger charge is -2.43. The third-order valence-corrected chi connectivity index (χ3v) is 6.85. The van der Waals surface area contributed by atoms with Crippen LogP contribution in [0.4, 0.5) is 5.69 Å². The summed E-state index contributed by atoms with van der Waals surface area (Å²) in [4.78, 5) is 5.02. The van der Waals surface area contributed by atoms with Crippen molar-refractivity contribution in [2.75, 3.05) is 31.1 Å². The van der Waals surface area contributed by atoms with E-state index in [0.717, 1.165) is 37.5 Å². The fourth-order valence-corrected chi connectivity index (χ4v) is 4.29. The van der Waals surface area contributed by atoms with Gasteiger partial charge >= 0.3 is 6.92 Å². The van der Waals surface area contributed by atoms with Gasteiger partial charge in [-0.15, -0.1) is 0 Å². The van der Waals surface area contributed by atoms with Gasteiger partial charge in [-0.3, -0.25) is 4.90 Å². The van der Waals surface area contributed by atoms with Crippen LogP contribution in [0.2, 0.25) is 11.3 Å². The number of hydrogen-bond donors (Lipinski definition) is 0. The van der Waals surface area contributed by atoms with Crippen LogP contribution in [0.3, 0.4) is 0 Å². The zero-order valence-electron chi connectivity index (χ0n) is 17.5. The maximum absolute atomic E-state index is 6.50. The monoisotopic (exact) mass is 376 g/mol. The number of piperazine rings is 1. The molecule has 3 rings (SSSR count). The summed E-state index contributed by atoms with van der Waals surface area (Å²) in [7, 11) is 0. The van der Waals surface area contributed by atoms with Crippen LogP contribution in [-0.4, -0.2) is 49.1 Å². The van der Waals surface area contributed by atoms with Crippen LogP contribution >= 0.6 is 11.6 Å². The summed E-state index contributed by atoms with van der Waals surface area (Å²) in [6.07, 6.45) is 1.03. The van der Waals surface area contributed by atoms with Gasteiger partial charge in [0.15, 0.2) is 0 Å². The van der Waals surface area contributed by atoms with Gasteiger partial charge in [-0.2, -0.15) is 0 Å². The minimum absolute atomic E-state index is 0.119. The Morgan fingerprint density at radius 2 is 1.62 bits per heavy atom. The quantitative estimate of drug-likeness (QED) is 0.716. The fourth-order valence-electron chi connectivity index (χ4n) is 4.05. The van der Waals surface area contributed by atoms with Crippen LogP contribution in [0.15, 0.2) is 18.2 Å². The maximum atomic E-state index is 6.50. The second-order valence-electron chi connectivity index (χ2n) is 10.1. The molecule has 5 heteroatoms. The summed E-state index contributed by atoms with van der Waals surface area (Å²) in [5.41, 5.74) is 2.70. The molecular formula is C21H34BClN2O. The van der Waals surface area contributed by atoms with Gasteiger partial charge in [0.1, 0.15) is 0 Å². The molecule has 1 aromatic rings. The average molecular weight is 377 g/mol. The first-order chi connectivity index (χ1) is 11.9. The van der Waals surface area contributed by atoms with Gasteiger partial charge < -0.3 is 9.55 Å². The lowest BCUT2D eigenvalue weighted by molar-refractivity contribution is 0.0375. The Morgan fingerprint density at radius 1 is 1.00 bits per heavy atom. The van der Waals surface area contributed by atoms with E-state index in [0.29, 0.717) is 0 Å². The van der Waals surface area contributed by atoms with E-state index >= 15 is 0 Å². The third-order valence-electron chi connectivity index (χ3n) is 6.63. The second-order valence-corrected chi connectivity index (χ2v) is 10.5. The van der Waals surface area contributed by atoms with Crippen LogP contribution in [0.5, 0.6) is 0 Å². The van der Waals surface area contributed by atoms with Crippen molar-refractivity contribution in [2.24, 2.45) is 5.41 Å². The molecule has 3 nitrogen and oxygen atoms in total. The molecule has 1 aromatic carbocycles. The van der Waals surface area contributed by atoms with E-state index in [9.17, 15) is 0 Å². The van der Waals surface area contributed by atoms with E-state index in [1.54, 1.807) is 0 Å². The lowest BCUT2D eigenvalue weighted by Crippen LogP contribution is -2.53. The van der Waals surface area contributed by atoms with E-state index in [4.69, 9.17) is 16.3 Å². The number of benzene rings is 1. The van der Waals surface area contributed by atoms with Crippen molar-refractivity contribution in [1.29, 1.82) is 0 Å². The molecule has 0 N–H and O–H groups in total. The zero-order chi connectivity index (χ0) is 19.3. The predicted octanol–water partition coefficient (Wildman–Crippen LogP) is 4.29. The van der Waals surface area contributed by atoms with Crippen LogP contribution < -0.4 is 10.4 Å². The van der Waals surface area contributed by atoms with Crippen molar-refractivity contribution in [3.63, 3.8) is 0 Å². The number of anilines is 1. The molecule has 2 heterocycles. The first-order valence-electron chi connectivity index (χ1n) is 9.87. The van der Waals surface area contributed by atoms with Crippen molar-refractivity contribution in [3.8, 4) is 0 Å². The van der Waals surface area contributed by atoms with Gasteiger partial charge in [0.05, 0.1) is 5.60 Å². The molecule has 2 aliphatic rings. The van der Waals surface area contributed by atoms with Gasteiger partial charge in [0.2, 0.25) is 0 Å². The third kappa shape index (κ3) is 3.93. The Hall–Kier alpha value is -0.705. The Kier molecular flexibility index (Phi) is 5.18. The topological polar surface area (TPSA) is 15.7 Å². The summed E-state index contributed by atoms with van der Waals surface area (Å²) in [6, 6.07) is 6.47. The van der Waals surface area contributed by atoms with Crippen LogP contribution in [0.1, 0.15) is 48.5 Å². The van der Waals surface area contributed by atoms with E-state index in [-0.39, 0.29) is 23.5 Å². The highest BCUT2D eigenvalue weighted by Crippen LogP contribution is 2.45. The molecule has 2 aliphatic heterocycles. The summed E-state index contributed by atoms with van der Waals surface area (Å²) in [6.45, 7) is 20.2. The Labute approximate surface area is 165 Å². The molecule has 144 valence electrons.